The van der Waals surface area contributed by atoms with Gasteiger partial charge < -0.3 is 14.2 Å². The van der Waals surface area contributed by atoms with Crippen LogP contribution in [0.3, 0.4) is 0 Å². The average molecular weight is 388 g/mol. The van der Waals surface area contributed by atoms with E-state index in [2.05, 4.69) is 34.7 Å². The molecule has 0 bridgehead atoms. The van der Waals surface area contributed by atoms with Crippen molar-refractivity contribution in [2.75, 3.05) is 37.1 Å². The van der Waals surface area contributed by atoms with Gasteiger partial charge in [0.15, 0.2) is 15.5 Å². The van der Waals surface area contributed by atoms with E-state index >= 15 is 0 Å². The highest BCUT2D eigenvalue weighted by atomic mass is 32.2. The van der Waals surface area contributed by atoms with Gasteiger partial charge in [0.25, 0.3) is 0 Å². The predicted molar refractivity (Wildman–Crippen MR) is 100 cm³/mol. The van der Waals surface area contributed by atoms with Crippen LogP contribution in [0.4, 0.5) is 0 Å². The summed E-state index contributed by atoms with van der Waals surface area (Å²) >= 11 is 4.56. The normalized spacial score (nSPS) is 10.0. The number of rotatable bonds is 15. The third-order valence-electron chi connectivity index (χ3n) is 2.22. The predicted octanol–water partition coefficient (Wildman–Crippen LogP) is 3.63. The van der Waals surface area contributed by atoms with E-state index in [-0.39, 0.29) is 0 Å². The van der Waals surface area contributed by atoms with E-state index < -0.39 is 0 Å². The van der Waals surface area contributed by atoms with Crippen LogP contribution in [0.5, 0.6) is 0 Å². The maximum Gasteiger partial charge on any atom is 0.192 e. The van der Waals surface area contributed by atoms with Crippen molar-refractivity contribution in [2.45, 2.75) is 15.5 Å². The Labute approximate surface area is 155 Å². The van der Waals surface area contributed by atoms with E-state index in [0.717, 1.165) is 17.3 Å². The Bertz CT molecular complexity index is 434. The van der Waals surface area contributed by atoms with Crippen LogP contribution in [0, 0.1) is 0 Å². The van der Waals surface area contributed by atoms with Gasteiger partial charge in [-0.05, 0) is 0 Å². The van der Waals surface area contributed by atoms with Gasteiger partial charge in [-0.2, -0.15) is 15.0 Å². The van der Waals surface area contributed by atoms with Crippen LogP contribution >= 0.6 is 35.3 Å². The van der Waals surface area contributed by atoms with E-state index in [1.807, 2.05) is 0 Å². The van der Waals surface area contributed by atoms with Gasteiger partial charge in [0.1, 0.15) is 0 Å². The van der Waals surface area contributed by atoms with Gasteiger partial charge in [0.2, 0.25) is 0 Å². The van der Waals surface area contributed by atoms with E-state index in [0.29, 0.717) is 35.3 Å². The molecule has 0 spiro atoms. The van der Waals surface area contributed by atoms with Crippen LogP contribution < -0.4 is 0 Å². The summed E-state index contributed by atoms with van der Waals surface area (Å²) in [5.41, 5.74) is 0. The van der Waals surface area contributed by atoms with Gasteiger partial charge in [-0.25, -0.2) is 0 Å². The second-order valence-electron chi connectivity index (χ2n) is 3.84. The molecule has 0 fully saturated rings. The summed E-state index contributed by atoms with van der Waals surface area (Å²) in [6, 6.07) is 0. The van der Waals surface area contributed by atoms with E-state index in [1.165, 1.54) is 54.1 Å². The van der Waals surface area contributed by atoms with Crippen LogP contribution in [0.2, 0.25) is 0 Å². The zero-order valence-electron chi connectivity index (χ0n) is 13.4. The van der Waals surface area contributed by atoms with Crippen molar-refractivity contribution in [1.82, 2.24) is 15.0 Å². The molecule has 6 nitrogen and oxygen atoms in total. The molecule has 0 radical (unpaired) electrons. The van der Waals surface area contributed by atoms with Gasteiger partial charge in [-0.15, -0.1) is 0 Å². The second kappa shape index (κ2) is 14.1. The van der Waals surface area contributed by atoms with E-state index in [9.17, 15) is 0 Å². The number of hydrogen-bond donors (Lipinski definition) is 0. The summed E-state index contributed by atoms with van der Waals surface area (Å²) in [6.07, 6.45) is 4.28. The average Bonchev–Trinajstić information content (AvgIpc) is 2.59. The summed E-state index contributed by atoms with van der Waals surface area (Å²) in [7, 11) is 0. The molecule has 24 heavy (non-hydrogen) atoms. The van der Waals surface area contributed by atoms with Gasteiger partial charge >= 0.3 is 0 Å². The highest BCUT2D eigenvalue weighted by Gasteiger charge is 2.09. The molecule has 0 N–H and O–H groups in total. The standard InChI is InChI=1S/C15H21N3O3S3/c1-4-19-7-10-22-13-16-14(23-11-8-20-5-2)18-15(17-13)24-12-9-21-6-3/h4-6H,1-3,7-12H2. The van der Waals surface area contributed by atoms with Crippen LogP contribution in [0.1, 0.15) is 0 Å². The largest absolute Gasteiger partial charge is 0.501 e. The minimum Gasteiger partial charge on any atom is -0.501 e. The number of ether oxygens (including phenoxy) is 3. The molecule has 0 atom stereocenters. The van der Waals surface area contributed by atoms with Gasteiger partial charge in [0.05, 0.1) is 38.6 Å². The molecule has 1 heterocycles. The van der Waals surface area contributed by atoms with Crippen LogP contribution in [-0.4, -0.2) is 52.0 Å². The fourth-order valence-corrected chi connectivity index (χ4v) is 3.47. The molecule has 1 aromatic heterocycles. The van der Waals surface area contributed by atoms with Crippen molar-refractivity contribution in [2.24, 2.45) is 0 Å². The molecule has 0 unspecified atom stereocenters. The quantitative estimate of drug-likeness (QED) is 0.255. The molecule has 0 saturated heterocycles. The molecular formula is C15H21N3O3S3. The second-order valence-corrected chi connectivity index (χ2v) is 7.03. The van der Waals surface area contributed by atoms with Crippen LogP contribution in [-0.2, 0) is 14.2 Å². The lowest BCUT2D eigenvalue weighted by Crippen LogP contribution is -2.02. The van der Waals surface area contributed by atoms with Crippen molar-refractivity contribution in [3.8, 4) is 0 Å². The SMILES string of the molecule is C=COCCSc1nc(SCCOC=C)nc(SCCOC=C)n1. The topological polar surface area (TPSA) is 66.4 Å². The summed E-state index contributed by atoms with van der Waals surface area (Å²) in [4.78, 5) is 13.4. The van der Waals surface area contributed by atoms with Crippen molar-refractivity contribution >= 4 is 35.3 Å². The molecule has 0 aliphatic heterocycles. The smallest absolute Gasteiger partial charge is 0.192 e. The lowest BCUT2D eigenvalue weighted by atomic mass is 10.8. The summed E-state index contributed by atoms with van der Waals surface area (Å²) < 4.78 is 15.3. The number of nitrogens with zero attached hydrogens (tertiary/aromatic N) is 3. The lowest BCUT2D eigenvalue weighted by Gasteiger charge is -2.07. The Hall–Kier alpha value is -1.32. The highest BCUT2D eigenvalue weighted by Crippen LogP contribution is 2.22. The van der Waals surface area contributed by atoms with Crippen molar-refractivity contribution in [3.63, 3.8) is 0 Å². The molecule has 1 rings (SSSR count). The Morgan fingerprint density at radius 2 is 0.917 bits per heavy atom. The van der Waals surface area contributed by atoms with E-state index in [4.69, 9.17) is 14.2 Å². The highest BCUT2D eigenvalue weighted by molar-refractivity contribution is 8.00. The zero-order valence-corrected chi connectivity index (χ0v) is 15.8. The molecule has 9 heteroatoms. The van der Waals surface area contributed by atoms with Gasteiger partial charge in [-0.3, -0.25) is 0 Å². The molecule has 0 aliphatic carbocycles. The minimum atomic E-state index is 0.561. The lowest BCUT2D eigenvalue weighted by molar-refractivity contribution is 0.274. The van der Waals surface area contributed by atoms with Crippen molar-refractivity contribution < 1.29 is 14.2 Å². The molecule has 0 amide bonds. The third kappa shape index (κ3) is 9.74. The Morgan fingerprint density at radius 3 is 1.17 bits per heavy atom. The monoisotopic (exact) mass is 387 g/mol. The first-order valence-electron chi connectivity index (χ1n) is 7.12. The molecule has 1 aromatic rings. The summed E-state index contributed by atoms with van der Waals surface area (Å²) in [6.45, 7) is 12.2. The van der Waals surface area contributed by atoms with Gasteiger partial charge in [0, 0.05) is 17.3 Å². The Balaban J connectivity index is 2.62. The fourth-order valence-electron chi connectivity index (χ4n) is 1.31. The van der Waals surface area contributed by atoms with Crippen LogP contribution in [0.15, 0.2) is 54.0 Å². The maximum absolute atomic E-state index is 5.11. The molecule has 132 valence electrons. The minimum absolute atomic E-state index is 0.561. The molecule has 0 saturated carbocycles. The first kappa shape index (κ1) is 20.7. The van der Waals surface area contributed by atoms with Crippen LogP contribution in [0.25, 0.3) is 0 Å². The number of thioether (sulfide) groups is 3. The maximum atomic E-state index is 5.11. The Morgan fingerprint density at radius 1 is 0.625 bits per heavy atom. The number of aromatic nitrogens is 3. The molecule has 0 aliphatic rings. The first-order valence-corrected chi connectivity index (χ1v) is 10.1. The van der Waals surface area contributed by atoms with Crippen molar-refractivity contribution in [3.05, 3.63) is 38.5 Å². The zero-order chi connectivity index (χ0) is 17.5. The third-order valence-corrected chi connectivity index (χ3v) is 4.66. The molecular weight excluding hydrogens is 366 g/mol. The van der Waals surface area contributed by atoms with Crippen molar-refractivity contribution in [1.29, 1.82) is 0 Å². The van der Waals surface area contributed by atoms with E-state index in [1.54, 1.807) is 0 Å². The molecule has 0 aromatic carbocycles. The summed E-state index contributed by atoms with van der Waals surface area (Å²) in [5, 5.41) is 2.03. The van der Waals surface area contributed by atoms with Gasteiger partial charge in [-0.1, -0.05) is 55.0 Å². The number of hydrogen-bond acceptors (Lipinski definition) is 9. The summed E-state index contributed by atoms with van der Waals surface area (Å²) in [5.74, 6) is 2.22. The first-order chi connectivity index (χ1) is 11.8. The Kier molecular flexibility index (Phi) is 12.1. The fraction of sp³-hybridized carbons (Fsp3) is 0.400.